The van der Waals surface area contributed by atoms with E-state index in [9.17, 15) is 28.8 Å². The number of benzene rings is 7. The van der Waals surface area contributed by atoms with Crippen molar-refractivity contribution in [2.45, 2.75) is 82.0 Å². The third-order valence-corrected chi connectivity index (χ3v) is 28.5. The van der Waals surface area contributed by atoms with Crippen molar-refractivity contribution in [3.8, 4) is 51.2 Å². The van der Waals surface area contributed by atoms with Gasteiger partial charge in [-0.05, 0) is 196 Å². The Morgan fingerprint density at radius 2 is 0.811 bits per heavy atom. The van der Waals surface area contributed by atoms with Crippen LogP contribution in [0.3, 0.4) is 0 Å². The molecule has 0 unspecified atom stereocenters. The molecule has 21 rings (SSSR count). The number of carbonyl (C=O) groups excluding carboxylic acids is 6. The van der Waals surface area contributed by atoms with E-state index >= 15 is 0 Å². The molecule has 35 nitrogen and oxygen atoms in total. The van der Waals surface area contributed by atoms with Gasteiger partial charge in [0.05, 0.1) is 86.4 Å². The maximum Gasteiger partial charge on any atom is 0.258 e. The summed E-state index contributed by atoms with van der Waals surface area (Å²) in [5.41, 5.74) is 12.6. The van der Waals surface area contributed by atoms with Gasteiger partial charge in [-0.2, -0.15) is 15.3 Å². The van der Waals surface area contributed by atoms with Crippen LogP contribution < -0.4 is 30.5 Å². The first-order chi connectivity index (χ1) is 69.8. The first-order valence-corrected chi connectivity index (χ1v) is 49.2. The molecule has 143 heavy (non-hydrogen) atoms. The molecule has 0 bridgehead atoms. The molecule has 6 amide bonds. The number of amides is 6. The summed E-state index contributed by atoms with van der Waals surface area (Å²) >= 11 is 0. The van der Waals surface area contributed by atoms with Gasteiger partial charge in [0.25, 0.3) is 11.8 Å². The predicted molar refractivity (Wildman–Crippen MR) is 548 cm³/mol. The highest BCUT2D eigenvalue weighted by Gasteiger charge is 2.49. The van der Waals surface area contributed by atoms with Gasteiger partial charge in [0, 0.05) is 212 Å². The highest BCUT2D eigenvalue weighted by Crippen LogP contribution is 2.40. The average Bonchev–Trinajstić information content (AvgIpc) is 1.65. The molecule has 3 atom stereocenters. The van der Waals surface area contributed by atoms with Crippen molar-refractivity contribution < 1.29 is 57.2 Å². The van der Waals surface area contributed by atoms with E-state index in [4.69, 9.17) is 28.4 Å². The molecule has 13 aromatic rings. The van der Waals surface area contributed by atoms with Crippen LogP contribution in [-0.2, 0) is 52.5 Å². The zero-order valence-corrected chi connectivity index (χ0v) is 81.4. The third-order valence-electron chi connectivity index (χ3n) is 28.5. The number of carbonyl (C=O) groups is 6. The van der Waals surface area contributed by atoms with Gasteiger partial charge in [0.2, 0.25) is 23.6 Å². The maximum atomic E-state index is 13.8. The molecule has 0 aliphatic carbocycles. The number of aromatic amines is 3. The number of nitrogens with one attached hydrogen (secondary N) is 6. The first-order valence-electron chi connectivity index (χ1n) is 49.2. The van der Waals surface area contributed by atoms with Crippen molar-refractivity contribution in [3.05, 3.63) is 236 Å². The molecule has 8 aliphatic rings. The standard InChI is InChI=1S/C39H41N7O4.C35H40N8O4.C34H40N8O4/c1-26(2)50-32-12-9-29(10-13-32)36-33-23-31(11-14-34(33)43-44-36)42-38(48)39(49-3)17-22-45(25-39)24-35(47)46-20-15-28(16-21-46)27-5-7-30(8-6-27)37-40-18-4-19-41-37;1-46-24-35(34(45)38-28-7-8-30-29(21-28)33(40-39-30)43-17-19-47-20-18-43)11-16-41(23-35)22-31(44)42-14-9-26(10-15-42)25-3-5-27(6-4-25)32-36-12-2-13-37-32;1-45-34(33(44)37-27-7-8-29-28(21-27)32(39-38-29)42-17-19-46-20-18-42)11-16-40(23-34)22-30(43)41-14-9-25(10-15-41)24-3-5-26(6-4-24)31-35-12-2-13-36-31/h4-15,18-19,23,26H,16-17,20-22,24-25H2,1-3H3,(H,42,48)(H,43,44);2-9,12-13,21H,10-11,14-20,22-24H2,1H3,(H,38,45)(H,39,40);2-8,12-13,21,25H,9-11,14-20,22-23H2,1H3,(H,37,44)(H,38,39)/t39-;35-;34-/m010/s1. The van der Waals surface area contributed by atoms with E-state index in [2.05, 4.69) is 152 Å². The Morgan fingerprint density at radius 1 is 0.420 bits per heavy atom. The van der Waals surface area contributed by atoms with Crippen molar-refractivity contribution >= 4 is 108 Å². The number of nitrogens with zero attached hydrogens (tertiary/aromatic N) is 17. The lowest BCUT2D eigenvalue weighted by Gasteiger charge is -2.33. The first kappa shape index (κ1) is 97.4. The maximum absolute atomic E-state index is 13.8. The zero-order valence-electron chi connectivity index (χ0n) is 81.4. The van der Waals surface area contributed by atoms with Crippen molar-refractivity contribution in [2.24, 2.45) is 5.41 Å². The number of H-pyrrole nitrogens is 3. The molecule has 6 saturated heterocycles. The normalized spacial score (nSPS) is 19.8. The van der Waals surface area contributed by atoms with Crippen LogP contribution in [0.2, 0.25) is 0 Å². The van der Waals surface area contributed by atoms with Gasteiger partial charge in [-0.1, -0.05) is 84.9 Å². The summed E-state index contributed by atoms with van der Waals surface area (Å²) in [6.07, 6.45) is 19.8. The fourth-order valence-corrected chi connectivity index (χ4v) is 20.4. The average molecular weight is 1930 g/mol. The number of anilines is 5. The fourth-order valence-electron chi connectivity index (χ4n) is 20.4. The van der Waals surface area contributed by atoms with Crippen LogP contribution in [0, 0.1) is 5.41 Å². The van der Waals surface area contributed by atoms with Crippen molar-refractivity contribution in [2.75, 3.05) is 204 Å². The molecular formula is C108H121N23O12. The highest BCUT2D eigenvalue weighted by molar-refractivity contribution is 6.04. The second kappa shape index (κ2) is 44.4. The Balaban J connectivity index is 0.000000136. The lowest BCUT2D eigenvalue weighted by Crippen LogP contribution is -2.48. The van der Waals surface area contributed by atoms with Gasteiger partial charge in [-0.25, -0.2) is 29.9 Å². The Labute approximate surface area is 829 Å². The second-order valence-electron chi connectivity index (χ2n) is 38.0. The monoisotopic (exact) mass is 1930 g/mol. The summed E-state index contributed by atoms with van der Waals surface area (Å²) in [7, 11) is 4.76. The van der Waals surface area contributed by atoms with Gasteiger partial charge in [-0.3, -0.25) is 58.8 Å². The quantitative estimate of drug-likeness (QED) is 0.0278. The summed E-state index contributed by atoms with van der Waals surface area (Å²) in [6, 6.07) is 55.5. The van der Waals surface area contributed by atoms with Crippen LogP contribution >= 0.6 is 0 Å². The molecule has 6 aromatic heterocycles. The highest BCUT2D eigenvalue weighted by atomic mass is 16.5. The Hall–Kier alpha value is -14.4. The number of rotatable bonds is 27. The number of fused-ring (bicyclic) bond motifs is 3. The third kappa shape index (κ3) is 22.6. The van der Waals surface area contributed by atoms with Gasteiger partial charge in [-0.15, -0.1) is 0 Å². The molecule has 6 fully saturated rings. The summed E-state index contributed by atoms with van der Waals surface area (Å²) in [6.45, 7) is 17.7. The zero-order chi connectivity index (χ0) is 98.4. The summed E-state index contributed by atoms with van der Waals surface area (Å²) < 4.78 is 34.1. The SMILES string of the molecule is COC[C@@]1(C(=O)Nc2ccc3[nH]nc(N4CCOCC4)c3c2)CCN(CC(=O)N2CC=C(c3ccc(-c4ncccn4)cc3)CC2)C1.CO[C@@]1(C(=O)Nc2ccc3[nH]nc(-c4ccc(OC(C)C)cc4)c3c2)CCN(CC(=O)N2CC=C(c3ccc(-c4ncccn4)cc3)CC2)C1.CO[C@@]1(C(=O)Nc2ccc3[nH]nc(N4CCOCC4)c3c2)CCN(CC(=O)N2CCC(c3ccc(-c4ncccn4)cc3)CC2)C1. The number of methoxy groups -OCH3 is 3. The Kier molecular flexibility index (Phi) is 30.2. The Morgan fingerprint density at radius 3 is 1.24 bits per heavy atom. The van der Waals surface area contributed by atoms with E-state index in [1.165, 1.54) is 16.7 Å². The minimum Gasteiger partial charge on any atom is -0.491 e. The van der Waals surface area contributed by atoms with E-state index in [-0.39, 0.29) is 67.8 Å². The fraction of sp³-hybridized carbons (Fsp3) is 0.380. The lowest BCUT2D eigenvalue weighted by atomic mass is 9.87. The van der Waals surface area contributed by atoms with E-state index in [1.54, 1.807) is 70.6 Å². The summed E-state index contributed by atoms with van der Waals surface area (Å²) in [5, 5.41) is 35.0. The van der Waals surface area contributed by atoms with Gasteiger partial charge in [0.1, 0.15) is 5.75 Å². The van der Waals surface area contributed by atoms with Gasteiger partial charge < -0.3 is 68.9 Å². The number of morpholine rings is 2. The van der Waals surface area contributed by atoms with Crippen LogP contribution in [0.25, 0.3) is 89.3 Å². The number of piperidine rings is 1. The molecule has 0 saturated carbocycles. The molecule has 740 valence electrons. The predicted octanol–water partition coefficient (Wildman–Crippen LogP) is 12.6. The van der Waals surface area contributed by atoms with E-state index in [0.717, 1.165) is 160 Å². The Bertz CT molecular complexity index is 6690. The number of hydrogen-bond donors (Lipinski definition) is 6. The summed E-state index contributed by atoms with van der Waals surface area (Å²) in [4.78, 5) is 123. The second-order valence-corrected chi connectivity index (χ2v) is 38.0. The molecule has 7 aromatic carbocycles. The van der Waals surface area contributed by atoms with Crippen LogP contribution in [0.4, 0.5) is 28.7 Å². The summed E-state index contributed by atoms with van der Waals surface area (Å²) in [5.74, 6) is 4.76. The van der Waals surface area contributed by atoms with Crippen molar-refractivity contribution in [3.63, 3.8) is 0 Å². The van der Waals surface area contributed by atoms with Gasteiger partial charge >= 0.3 is 0 Å². The lowest BCUT2D eigenvalue weighted by molar-refractivity contribution is -0.138. The van der Waals surface area contributed by atoms with Crippen LogP contribution in [-0.4, -0.2) is 321 Å². The van der Waals surface area contributed by atoms with Gasteiger partial charge in [0.15, 0.2) is 40.3 Å². The largest absolute Gasteiger partial charge is 0.491 e. The van der Waals surface area contributed by atoms with Crippen molar-refractivity contribution in [1.29, 1.82) is 0 Å². The minimum atomic E-state index is -1.06. The molecule has 0 spiro atoms. The number of likely N-dealkylation sites (tertiary alicyclic amines) is 4. The smallest absolute Gasteiger partial charge is 0.258 e. The van der Waals surface area contributed by atoms with E-state index in [0.29, 0.717) is 146 Å². The topological polar surface area (TPSA) is 383 Å². The van der Waals surface area contributed by atoms with Crippen LogP contribution in [0.5, 0.6) is 5.75 Å². The molecule has 14 heterocycles. The molecule has 6 N–H and O–H groups in total. The van der Waals surface area contributed by atoms with E-state index in [1.807, 2.05) is 148 Å². The van der Waals surface area contributed by atoms with Crippen molar-refractivity contribution in [1.82, 2.24) is 89.9 Å². The minimum absolute atomic E-state index is 0.0472. The number of ether oxygens (including phenoxy) is 6. The van der Waals surface area contributed by atoms with Crippen LogP contribution in [0.1, 0.15) is 81.4 Å². The van der Waals surface area contributed by atoms with E-state index < -0.39 is 16.6 Å². The molecule has 0 radical (unpaired) electrons. The number of hydrogen-bond acceptors (Lipinski definition) is 26. The number of aromatic nitrogens is 12. The molecule has 35 heteroatoms. The molecule has 8 aliphatic heterocycles. The van der Waals surface area contributed by atoms with Crippen LogP contribution in [0.15, 0.2) is 219 Å². The molecular weight excluding hydrogens is 1810 g/mol.